The highest BCUT2D eigenvalue weighted by Crippen LogP contribution is 2.26. The molecular formula is C35H34N2. The van der Waals surface area contributed by atoms with E-state index in [1.165, 1.54) is 77.6 Å². The second-order valence-corrected chi connectivity index (χ2v) is 10.3. The smallest absolute Gasteiger partial charge is 0.0712 e. The molecule has 0 atom stereocenters. The van der Waals surface area contributed by atoms with Crippen LogP contribution in [0, 0.1) is 0 Å². The second-order valence-electron chi connectivity index (χ2n) is 10.3. The molecule has 0 N–H and O–H groups in total. The lowest BCUT2D eigenvalue weighted by Crippen LogP contribution is -1.92. The van der Waals surface area contributed by atoms with E-state index in [0.717, 1.165) is 34.9 Å². The Balaban J connectivity index is 0.954. The minimum atomic E-state index is 1.08. The third kappa shape index (κ3) is 5.34. The molecule has 0 fully saturated rings. The summed E-state index contributed by atoms with van der Waals surface area (Å²) in [5.41, 5.74) is 7.27. The van der Waals surface area contributed by atoms with Crippen molar-refractivity contribution in [3.05, 3.63) is 108 Å². The van der Waals surface area contributed by atoms with Crippen molar-refractivity contribution in [2.45, 2.75) is 57.8 Å². The van der Waals surface area contributed by atoms with E-state index in [1.54, 1.807) is 0 Å². The van der Waals surface area contributed by atoms with Gasteiger partial charge >= 0.3 is 0 Å². The Kier molecular flexibility index (Phi) is 7.07. The average molecular weight is 483 g/mol. The molecule has 0 aliphatic carbocycles. The zero-order valence-electron chi connectivity index (χ0n) is 21.5. The van der Waals surface area contributed by atoms with Gasteiger partial charge in [-0.15, -0.1) is 0 Å². The number of fused-ring (bicyclic) bond motifs is 4. The molecule has 2 heteroatoms. The number of hydrogen-bond acceptors (Lipinski definition) is 2. The number of nitrogens with zero attached hydrogens (tertiary/aromatic N) is 2. The van der Waals surface area contributed by atoms with Gasteiger partial charge in [0.25, 0.3) is 0 Å². The Bertz CT molecular complexity index is 1540. The maximum Gasteiger partial charge on any atom is 0.0712 e. The second kappa shape index (κ2) is 11.1. The zero-order valence-corrected chi connectivity index (χ0v) is 21.5. The highest BCUT2D eigenvalue weighted by molar-refractivity contribution is 5.95. The maximum absolute atomic E-state index is 4.87. The first-order chi connectivity index (χ1) is 18.3. The Labute approximate surface area is 219 Å². The first-order valence-electron chi connectivity index (χ1n) is 13.9. The summed E-state index contributed by atoms with van der Waals surface area (Å²) in [7, 11) is 0. The molecule has 184 valence electrons. The van der Waals surface area contributed by atoms with E-state index >= 15 is 0 Å². The summed E-state index contributed by atoms with van der Waals surface area (Å²) in [4.78, 5) is 9.75. The van der Waals surface area contributed by atoms with Gasteiger partial charge in [-0.3, -0.25) is 0 Å². The summed E-state index contributed by atoms with van der Waals surface area (Å²) < 4.78 is 0. The van der Waals surface area contributed by atoms with Gasteiger partial charge in [0.2, 0.25) is 0 Å². The van der Waals surface area contributed by atoms with Gasteiger partial charge in [-0.25, -0.2) is 9.97 Å². The van der Waals surface area contributed by atoms with Crippen LogP contribution in [-0.2, 0) is 12.8 Å². The van der Waals surface area contributed by atoms with E-state index in [9.17, 15) is 0 Å². The van der Waals surface area contributed by atoms with Gasteiger partial charge in [0.1, 0.15) is 0 Å². The summed E-state index contributed by atoms with van der Waals surface area (Å²) in [6.45, 7) is 0. The Morgan fingerprint density at radius 1 is 0.378 bits per heavy atom. The van der Waals surface area contributed by atoms with Crippen molar-refractivity contribution >= 4 is 43.6 Å². The number of aryl methyl sites for hydroxylation is 2. The minimum Gasteiger partial charge on any atom is -0.248 e. The summed E-state index contributed by atoms with van der Waals surface area (Å²) in [5, 5.41) is 5.10. The molecule has 4 aromatic carbocycles. The van der Waals surface area contributed by atoms with Crippen LogP contribution in [0.3, 0.4) is 0 Å². The summed E-state index contributed by atoms with van der Waals surface area (Å²) >= 11 is 0. The van der Waals surface area contributed by atoms with Crippen molar-refractivity contribution < 1.29 is 0 Å². The van der Waals surface area contributed by atoms with E-state index in [0.29, 0.717) is 0 Å². The van der Waals surface area contributed by atoms with E-state index < -0.39 is 0 Å². The molecule has 0 saturated heterocycles. The third-order valence-electron chi connectivity index (χ3n) is 7.69. The van der Waals surface area contributed by atoms with E-state index in [2.05, 4.69) is 97.1 Å². The maximum atomic E-state index is 4.87. The van der Waals surface area contributed by atoms with Crippen molar-refractivity contribution in [1.82, 2.24) is 9.97 Å². The van der Waals surface area contributed by atoms with Crippen LogP contribution in [0.1, 0.15) is 56.1 Å². The Morgan fingerprint density at radius 3 is 1.27 bits per heavy atom. The third-order valence-corrected chi connectivity index (χ3v) is 7.69. The predicted molar refractivity (Wildman–Crippen MR) is 158 cm³/mol. The molecule has 0 aliphatic heterocycles. The number of hydrogen-bond donors (Lipinski definition) is 0. The predicted octanol–water partition coefficient (Wildman–Crippen LogP) is 9.61. The molecule has 0 radical (unpaired) electrons. The molecular weight excluding hydrogens is 448 g/mol. The highest BCUT2D eigenvalue weighted by Gasteiger charge is 2.06. The SMILES string of the molecule is c1ccc2nc3cccc(CCCCCCCCCc4cccc5nc6ccccc6cc45)c3cc2c1. The van der Waals surface area contributed by atoms with Gasteiger partial charge in [-0.2, -0.15) is 0 Å². The van der Waals surface area contributed by atoms with Crippen molar-refractivity contribution in [2.75, 3.05) is 0 Å². The van der Waals surface area contributed by atoms with Gasteiger partial charge in [0, 0.05) is 21.5 Å². The molecule has 2 nitrogen and oxygen atoms in total. The van der Waals surface area contributed by atoms with Crippen molar-refractivity contribution in [2.24, 2.45) is 0 Å². The lowest BCUT2D eigenvalue weighted by molar-refractivity contribution is 0.580. The molecule has 0 unspecified atom stereocenters. The molecule has 0 spiro atoms. The Hall–Kier alpha value is -3.78. The first kappa shape index (κ1) is 23.6. The number of unbranched alkanes of at least 4 members (excludes halogenated alkanes) is 6. The molecule has 0 amide bonds. The molecule has 0 bridgehead atoms. The fourth-order valence-electron chi connectivity index (χ4n) is 5.67. The molecule has 0 saturated carbocycles. The molecule has 2 aromatic heterocycles. The largest absolute Gasteiger partial charge is 0.248 e. The molecule has 2 heterocycles. The van der Waals surface area contributed by atoms with Crippen LogP contribution < -0.4 is 0 Å². The van der Waals surface area contributed by atoms with Crippen molar-refractivity contribution in [1.29, 1.82) is 0 Å². The number of benzene rings is 4. The molecule has 6 aromatic rings. The van der Waals surface area contributed by atoms with Crippen LogP contribution in [0.4, 0.5) is 0 Å². The fraction of sp³-hybridized carbons (Fsp3) is 0.257. The quantitative estimate of drug-likeness (QED) is 0.143. The van der Waals surface area contributed by atoms with E-state index in [1.807, 2.05) is 0 Å². The van der Waals surface area contributed by atoms with Gasteiger partial charge < -0.3 is 0 Å². The van der Waals surface area contributed by atoms with E-state index in [4.69, 9.17) is 9.97 Å². The summed E-state index contributed by atoms with van der Waals surface area (Å²) in [6.07, 6.45) is 11.4. The lowest BCUT2D eigenvalue weighted by atomic mass is 9.98. The standard InChI is InChI=1S/C35H34N2/c1(2-4-6-14-26-18-12-22-34-30(26)24-28-16-8-10-20-32(28)36-34)3-5-7-15-27-19-13-23-35-31(27)25-29-17-9-11-21-33(29)37-35/h8-13,16-25H,1-7,14-15H2. The van der Waals surface area contributed by atoms with Gasteiger partial charge in [0.15, 0.2) is 0 Å². The van der Waals surface area contributed by atoms with Crippen LogP contribution in [0.5, 0.6) is 0 Å². The van der Waals surface area contributed by atoms with Crippen LogP contribution in [0.25, 0.3) is 43.6 Å². The zero-order chi connectivity index (χ0) is 24.9. The Morgan fingerprint density at radius 2 is 0.784 bits per heavy atom. The minimum absolute atomic E-state index is 1.08. The highest BCUT2D eigenvalue weighted by atomic mass is 14.7. The van der Waals surface area contributed by atoms with Gasteiger partial charge in [-0.1, -0.05) is 92.8 Å². The molecule has 37 heavy (non-hydrogen) atoms. The summed E-state index contributed by atoms with van der Waals surface area (Å²) in [5.74, 6) is 0. The number of rotatable bonds is 10. The molecule has 6 rings (SSSR count). The fourth-order valence-corrected chi connectivity index (χ4v) is 5.67. The van der Waals surface area contributed by atoms with Crippen LogP contribution in [0.15, 0.2) is 97.1 Å². The lowest BCUT2D eigenvalue weighted by Gasteiger charge is -2.09. The van der Waals surface area contributed by atoms with Crippen LogP contribution >= 0.6 is 0 Å². The monoisotopic (exact) mass is 482 g/mol. The number of pyridine rings is 2. The number of aromatic nitrogens is 2. The molecule has 0 aliphatic rings. The summed E-state index contributed by atoms with van der Waals surface area (Å²) in [6, 6.07) is 34.7. The van der Waals surface area contributed by atoms with Crippen LogP contribution in [-0.4, -0.2) is 9.97 Å². The van der Waals surface area contributed by atoms with Crippen LogP contribution in [0.2, 0.25) is 0 Å². The van der Waals surface area contributed by atoms with Crippen molar-refractivity contribution in [3.8, 4) is 0 Å². The topological polar surface area (TPSA) is 25.8 Å². The van der Waals surface area contributed by atoms with E-state index in [-0.39, 0.29) is 0 Å². The van der Waals surface area contributed by atoms with Gasteiger partial charge in [0.05, 0.1) is 22.1 Å². The van der Waals surface area contributed by atoms with Gasteiger partial charge in [-0.05, 0) is 73.2 Å². The van der Waals surface area contributed by atoms with Crippen molar-refractivity contribution in [3.63, 3.8) is 0 Å². The normalized spacial score (nSPS) is 11.7. The first-order valence-corrected chi connectivity index (χ1v) is 13.9. The average Bonchev–Trinajstić information content (AvgIpc) is 2.94. The number of para-hydroxylation sites is 2.